The summed E-state index contributed by atoms with van der Waals surface area (Å²) in [5.41, 5.74) is 0.207. The molecule has 33 heavy (non-hydrogen) atoms. The second-order valence-corrected chi connectivity index (χ2v) is 9.11. The Morgan fingerprint density at radius 3 is 2.55 bits per heavy atom. The molecule has 0 aliphatic carbocycles. The van der Waals surface area contributed by atoms with Crippen LogP contribution in [0.1, 0.15) is 29.8 Å². The number of nitrogens with zero attached hydrogens (tertiary/aromatic N) is 1. The predicted octanol–water partition coefficient (Wildman–Crippen LogP) is 1.37. The summed E-state index contributed by atoms with van der Waals surface area (Å²) in [7, 11) is -2.43. The Morgan fingerprint density at radius 2 is 1.88 bits per heavy atom. The van der Waals surface area contributed by atoms with Crippen molar-refractivity contribution >= 4 is 33.5 Å². The standard InChI is InChI=1S/C21H25N3O8S/c1-30-16-8-7-15(12-18(16)33(28,29)24-9-3-2-4-10-24)23-19(25)14-32-20(26)13-22-21(27)17-6-5-11-31-17/h5-8,11-12H,2-4,9-10,13-14H2,1H3,(H,22,27)(H,23,25). The van der Waals surface area contributed by atoms with Crippen molar-refractivity contribution in [3.8, 4) is 5.75 Å². The number of methoxy groups -OCH3 is 1. The van der Waals surface area contributed by atoms with Crippen molar-refractivity contribution in [1.29, 1.82) is 0 Å². The molecule has 3 rings (SSSR count). The first kappa shape index (κ1) is 24.3. The molecule has 0 bridgehead atoms. The first-order chi connectivity index (χ1) is 15.8. The van der Waals surface area contributed by atoms with E-state index in [2.05, 4.69) is 10.6 Å². The molecule has 1 fully saturated rings. The van der Waals surface area contributed by atoms with Crippen LogP contribution in [0.4, 0.5) is 5.69 Å². The minimum atomic E-state index is -3.80. The summed E-state index contributed by atoms with van der Waals surface area (Å²) >= 11 is 0. The average molecular weight is 480 g/mol. The zero-order valence-electron chi connectivity index (χ0n) is 18.0. The van der Waals surface area contributed by atoms with Crippen LogP contribution < -0.4 is 15.4 Å². The van der Waals surface area contributed by atoms with E-state index < -0.39 is 41.0 Å². The molecule has 0 unspecified atom stereocenters. The third-order valence-corrected chi connectivity index (χ3v) is 6.80. The summed E-state index contributed by atoms with van der Waals surface area (Å²) in [6, 6.07) is 7.20. The summed E-state index contributed by atoms with van der Waals surface area (Å²) < 4.78 is 42.4. The zero-order chi connectivity index (χ0) is 23.8. The fourth-order valence-electron chi connectivity index (χ4n) is 3.24. The number of carbonyl (C=O) groups excluding carboxylic acids is 3. The Morgan fingerprint density at radius 1 is 1.12 bits per heavy atom. The van der Waals surface area contributed by atoms with Gasteiger partial charge in [0.25, 0.3) is 11.8 Å². The predicted molar refractivity (Wildman–Crippen MR) is 116 cm³/mol. The SMILES string of the molecule is COc1ccc(NC(=O)COC(=O)CNC(=O)c2ccco2)cc1S(=O)(=O)N1CCCCC1. The van der Waals surface area contributed by atoms with Gasteiger partial charge in [-0.3, -0.25) is 14.4 Å². The van der Waals surface area contributed by atoms with E-state index in [0.29, 0.717) is 13.1 Å². The van der Waals surface area contributed by atoms with E-state index in [9.17, 15) is 22.8 Å². The molecule has 0 radical (unpaired) electrons. The van der Waals surface area contributed by atoms with Crippen molar-refractivity contribution < 1.29 is 36.7 Å². The number of esters is 1. The van der Waals surface area contributed by atoms with Gasteiger partial charge in [-0.15, -0.1) is 0 Å². The Hall–Kier alpha value is -3.38. The van der Waals surface area contributed by atoms with Gasteiger partial charge in [0.15, 0.2) is 12.4 Å². The van der Waals surface area contributed by atoms with Crippen molar-refractivity contribution in [1.82, 2.24) is 9.62 Å². The highest BCUT2D eigenvalue weighted by atomic mass is 32.2. The minimum Gasteiger partial charge on any atom is -0.495 e. The normalized spacial score (nSPS) is 14.3. The summed E-state index contributed by atoms with van der Waals surface area (Å²) in [4.78, 5) is 35.6. The molecule has 1 aliphatic heterocycles. The van der Waals surface area contributed by atoms with Crippen LogP contribution in [0.2, 0.25) is 0 Å². The van der Waals surface area contributed by atoms with E-state index in [0.717, 1.165) is 19.3 Å². The lowest BCUT2D eigenvalue weighted by atomic mass is 10.2. The molecule has 0 spiro atoms. The maximum atomic E-state index is 13.1. The summed E-state index contributed by atoms with van der Waals surface area (Å²) in [6.07, 6.45) is 3.86. The second kappa shape index (κ2) is 11.0. The van der Waals surface area contributed by atoms with Crippen LogP contribution in [0.3, 0.4) is 0 Å². The molecule has 12 heteroatoms. The van der Waals surface area contributed by atoms with Crippen molar-refractivity contribution in [3.63, 3.8) is 0 Å². The van der Waals surface area contributed by atoms with Gasteiger partial charge < -0.3 is 24.5 Å². The van der Waals surface area contributed by atoms with Gasteiger partial charge in [0.1, 0.15) is 17.2 Å². The van der Waals surface area contributed by atoms with Gasteiger partial charge in [-0.25, -0.2) is 8.42 Å². The third kappa shape index (κ3) is 6.33. The van der Waals surface area contributed by atoms with Gasteiger partial charge in [0.2, 0.25) is 10.0 Å². The maximum absolute atomic E-state index is 13.1. The number of piperidine rings is 1. The first-order valence-corrected chi connectivity index (χ1v) is 11.7. The first-order valence-electron chi connectivity index (χ1n) is 10.3. The summed E-state index contributed by atoms with van der Waals surface area (Å²) in [5.74, 6) is -1.89. The number of sulfonamides is 1. The van der Waals surface area contributed by atoms with E-state index >= 15 is 0 Å². The highest BCUT2D eigenvalue weighted by Gasteiger charge is 2.29. The molecule has 2 N–H and O–H groups in total. The van der Waals surface area contributed by atoms with Crippen LogP contribution in [-0.2, 0) is 24.3 Å². The number of hydrogen-bond acceptors (Lipinski definition) is 8. The Bertz CT molecular complexity index is 1090. The fraction of sp³-hybridized carbons (Fsp3) is 0.381. The molecule has 2 aromatic rings. The van der Waals surface area contributed by atoms with Crippen molar-refractivity contribution in [3.05, 3.63) is 42.4 Å². The Kier molecular flexibility index (Phi) is 8.06. The fourth-order valence-corrected chi connectivity index (χ4v) is 4.94. The molecule has 1 saturated heterocycles. The number of benzene rings is 1. The molecular weight excluding hydrogens is 454 g/mol. The van der Waals surface area contributed by atoms with Crippen LogP contribution >= 0.6 is 0 Å². The molecular formula is C21H25N3O8S. The minimum absolute atomic E-state index is 0.0374. The summed E-state index contributed by atoms with van der Waals surface area (Å²) in [6.45, 7) is -0.216. The zero-order valence-corrected chi connectivity index (χ0v) is 18.9. The molecule has 178 valence electrons. The second-order valence-electron chi connectivity index (χ2n) is 7.20. The number of rotatable bonds is 9. The van der Waals surface area contributed by atoms with E-state index in [-0.39, 0.29) is 22.1 Å². The lowest BCUT2D eigenvalue weighted by Gasteiger charge is -2.26. The number of ether oxygens (including phenoxy) is 2. The molecule has 1 aliphatic rings. The van der Waals surface area contributed by atoms with E-state index in [1.54, 1.807) is 0 Å². The molecule has 1 aromatic carbocycles. The molecule has 2 amide bonds. The molecule has 2 heterocycles. The highest BCUT2D eigenvalue weighted by Crippen LogP contribution is 2.31. The van der Waals surface area contributed by atoms with Gasteiger partial charge in [0.05, 0.1) is 13.4 Å². The van der Waals surface area contributed by atoms with Crippen molar-refractivity contribution in [2.45, 2.75) is 24.2 Å². The third-order valence-electron chi connectivity index (χ3n) is 4.88. The maximum Gasteiger partial charge on any atom is 0.325 e. The highest BCUT2D eigenvalue weighted by molar-refractivity contribution is 7.89. The number of anilines is 1. The average Bonchev–Trinajstić information content (AvgIpc) is 3.37. The van der Waals surface area contributed by atoms with Crippen LogP contribution in [0.25, 0.3) is 0 Å². The van der Waals surface area contributed by atoms with Crippen LogP contribution in [0, 0.1) is 0 Å². The number of carbonyl (C=O) groups is 3. The molecule has 1 aromatic heterocycles. The smallest absolute Gasteiger partial charge is 0.325 e. The van der Waals surface area contributed by atoms with Crippen LogP contribution in [0.15, 0.2) is 45.9 Å². The largest absolute Gasteiger partial charge is 0.495 e. The van der Waals surface area contributed by atoms with Gasteiger partial charge in [-0.1, -0.05) is 6.42 Å². The van der Waals surface area contributed by atoms with Crippen molar-refractivity contribution in [2.75, 3.05) is 38.7 Å². The van der Waals surface area contributed by atoms with Crippen molar-refractivity contribution in [2.24, 2.45) is 0 Å². The van der Waals surface area contributed by atoms with Crippen LogP contribution in [-0.4, -0.2) is 63.9 Å². The van der Waals surface area contributed by atoms with Gasteiger partial charge in [0, 0.05) is 18.8 Å². The number of furan rings is 1. The monoisotopic (exact) mass is 479 g/mol. The topological polar surface area (TPSA) is 144 Å². The quantitative estimate of drug-likeness (QED) is 0.513. The summed E-state index contributed by atoms with van der Waals surface area (Å²) in [5, 5.41) is 4.80. The van der Waals surface area contributed by atoms with Gasteiger partial charge >= 0.3 is 5.97 Å². The lowest BCUT2D eigenvalue weighted by molar-refractivity contribution is -0.146. The van der Waals surface area contributed by atoms with E-state index in [1.807, 2.05) is 0 Å². The molecule has 11 nitrogen and oxygen atoms in total. The Labute approximate surface area is 191 Å². The molecule has 0 saturated carbocycles. The lowest BCUT2D eigenvalue weighted by Crippen LogP contribution is -2.35. The van der Waals surface area contributed by atoms with E-state index in [4.69, 9.17) is 13.9 Å². The Balaban J connectivity index is 1.56. The van der Waals surface area contributed by atoms with Gasteiger partial charge in [-0.2, -0.15) is 4.31 Å². The number of amides is 2. The molecule has 0 atom stereocenters. The van der Waals surface area contributed by atoms with E-state index in [1.165, 1.54) is 48.0 Å². The van der Waals surface area contributed by atoms with Crippen LogP contribution in [0.5, 0.6) is 5.75 Å². The number of nitrogens with one attached hydrogen (secondary N) is 2. The number of hydrogen-bond donors (Lipinski definition) is 2. The van der Waals surface area contributed by atoms with Gasteiger partial charge in [-0.05, 0) is 43.2 Å².